The molecule has 1 aromatic carbocycles. The molecule has 3 rings (SSSR count). The van der Waals surface area contributed by atoms with Crippen molar-refractivity contribution >= 4 is 17.5 Å². The van der Waals surface area contributed by atoms with E-state index < -0.39 is 0 Å². The molecule has 0 saturated heterocycles. The maximum absolute atomic E-state index is 11.4. The fraction of sp³-hybridized carbons (Fsp3) is 0.316. The van der Waals surface area contributed by atoms with E-state index in [0.717, 1.165) is 29.7 Å². The Morgan fingerprint density at radius 3 is 2.65 bits per heavy atom. The van der Waals surface area contributed by atoms with Crippen molar-refractivity contribution in [2.75, 3.05) is 5.75 Å². The lowest BCUT2D eigenvalue weighted by Crippen LogP contribution is -2.09. The predicted octanol–water partition coefficient (Wildman–Crippen LogP) is 4.47. The van der Waals surface area contributed by atoms with Gasteiger partial charge in [0.05, 0.1) is 11.6 Å². The van der Waals surface area contributed by atoms with Crippen LogP contribution < -0.4 is 0 Å². The monoisotopic (exact) mass is 322 g/mol. The maximum atomic E-state index is 11.4. The molecule has 0 N–H and O–H groups in total. The quantitative estimate of drug-likeness (QED) is 0.736. The number of Topliss-reactive ketones (excluding diaryl/α,β-unsaturated/α-hetero) is 1. The molecule has 1 heterocycles. The molecule has 1 aliphatic carbocycles. The van der Waals surface area contributed by atoms with E-state index in [9.17, 15) is 4.79 Å². The molecule has 0 radical (unpaired) electrons. The lowest BCUT2D eigenvalue weighted by molar-refractivity contribution is -0.117. The van der Waals surface area contributed by atoms with Gasteiger partial charge in [-0.25, -0.2) is 0 Å². The largest absolute Gasteiger partial charge is 0.300 e. The fourth-order valence-electron chi connectivity index (χ4n) is 2.76. The van der Waals surface area contributed by atoms with Crippen LogP contribution in [-0.2, 0) is 4.79 Å². The van der Waals surface area contributed by atoms with Gasteiger partial charge in [0.1, 0.15) is 5.78 Å². The Morgan fingerprint density at radius 1 is 1.30 bits per heavy atom. The highest BCUT2D eigenvalue weighted by Crippen LogP contribution is 2.52. The molecule has 0 bridgehead atoms. The van der Waals surface area contributed by atoms with Crippen molar-refractivity contribution in [1.82, 2.24) is 4.98 Å². The molecule has 3 nitrogen and oxygen atoms in total. The number of carbonyl (C=O) groups is 1. The van der Waals surface area contributed by atoms with Gasteiger partial charge in [0.2, 0.25) is 0 Å². The topological polar surface area (TPSA) is 53.8 Å². The zero-order valence-electron chi connectivity index (χ0n) is 13.1. The van der Waals surface area contributed by atoms with E-state index in [1.54, 1.807) is 24.9 Å². The SMILES string of the molecule is CC(=O)CC1(CSc2ccncc2-c2ccc(C#N)cc2)CC1. The summed E-state index contributed by atoms with van der Waals surface area (Å²) in [6, 6.07) is 11.7. The number of benzene rings is 1. The van der Waals surface area contributed by atoms with E-state index in [1.165, 1.54) is 4.90 Å². The summed E-state index contributed by atoms with van der Waals surface area (Å²) in [7, 11) is 0. The highest BCUT2D eigenvalue weighted by atomic mass is 32.2. The average molecular weight is 322 g/mol. The number of hydrogen-bond acceptors (Lipinski definition) is 4. The highest BCUT2D eigenvalue weighted by molar-refractivity contribution is 7.99. The van der Waals surface area contributed by atoms with Crippen LogP contribution in [-0.4, -0.2) is 16.5 Å². The number of ketones is 1. The van der Waals surface area contributed by atoms with Crippen LogP contribution in [0.3, 0.4) is 0 Å². The summed E-state index contributed by atoms with van der Waals surface area (Å²) in [6.07, 6.45) is 6.67. The van der Waals surface area contributed by atoms with Crippen LogP contribution in [0.4, 0.5) is 0 Å². The second-order valence-corrected chi connectivity index (χ2v) is 7.25. The van der Waals surface area contributed by atoms with E-state index in [-0.39, 0.29) is 11.2 Å². The molecule has 0 amide bonds. The zero-order chi connectivity index (χ0) is 16.3. The summed E-state index contributed by atoms with van der Waals surface area (Å²) in [5, 5.41) is 8.91. The van der Waals surface area contributed by atoms with Crippen molar-refractivity contribution in [2.24, 2.45) is 5.41 Å². The number of aromatic nitrogens is 1. The molecule has 4 heteroatoms. The van der Waals surface area contributed by atoms with Crippen molar-refractivity contribution in [3.05, 3.63) is 48.3 Å². The van der Waals surface area contributed by atoms with Crippen molar-refractivity contribution in [1.29, 1.82) is 5.26 Å². The molecule has 1 fully saturated rings. The van der Waals surface area contributed by atoms with Crippen molar-refractivity contribution in [3.8, 4) is 17.2 Å². The van der Waals surface area contributed by atoms with Gasteiger partial charge in [0.25, 0.3) is 0 Å². The first-order valence-electron chi connectivity index (χ1n) is 7.69. The summed E-state index contributed by atoms with van der Waals surface area (Å²) in [6.45, 7) is 1.68. The van der Waals surface area contributed by atoms with Gasteiger partial charge in [-0.1, -0.05) is 12.1 Å². The lowest BCUT2D eigenvalue weighted by Gasteiger charge is -2.14. The standard InChI is InChI=1S/C19H18N2OS/c1-14(22)10-19(7-8-19)13-23-18-6-9-21-12-17(18)16-4-2-15(11-20)3-5-16/h2-6,9,12H,7-8,10,13H2,1H3. The van der Waals surface area contributed by atoms with E-state index in [2.05, 4.69) is 11.1 Å². The minimum atomic E-state index is 0.210. The van der Waals surface area contributed by atoms with Gasteiger partial charge in [-0.2, -0.15) is 5.26 Å². The molecule has 1 aromatic heterocycles. The van der Waals surface area contributed by atoms with Crippen molar-refractivity contribution in [3.63, 3.8) is 0 Å². The minimum Gasteiger partial charge on any atom is -0.300 e. The third-order valence-corrected chi connectivity index (χ3v) is 5.64. The number of pyridine rings is 1. The van der Waals surface area contributed by atoms with Gasteiger partial charge in [-0.3, -0.25) is 4.98 Å². The summed E-state index contributed by atoms with van der Waals surface area (Å²) >= 11 is 1.81. The van der Waals surface area contributed by atoms with Gasteiger partial charge in [-0.05, 0) is 48.9 Å². The first-order valence-corrected chi connectivity index (χ1v) is 8.67. The van der Waals surface area contributed by atoms with Crippen LogP contribution in [0.25, 0.3) is 11.1 Å². The van der Waals surface area contributed by atoms with Gasteiger partial charge >= 0.3 is 0 Å². The molecule has 2 aromatic rings. The molecule has 1 saturated carbocycles. The fourth-order valence-corrected chi connectivity index (χ4v) is 4.09. The van der Waals surface area contributed by atoms with Crippen LogP contribution in [0.5, 0.6) is 0 Å². The number of thioether (sulfide) groups is 1. The first kappa shape index (κ1) is 15.8. The molecule has 0 aliphatic heterocycles. The number of nitriles is 1. The van der Waals surface area contributed by atoms with Crippen molar-refractivity contribution in [2.45, 2.75) is 31.1 Å². The van der Waals surface area contributed by atoms with Crippen LogP contribution in [0.1, 0.15) is 31.7 Å². The Bertz CT molecular complexity index is 758. The maximum Gasteiger partial charge on any atom is 0.130 e. The normalized spacial score (nSPS) is 15.0. The molecule has 0 unspecified atom stereocenters. The number of rotatable bonds is 6. The Balaban J connectivity index is 1.78. The molecular weight excluding hydrogens is 304 g/mol. The summed E-state index contributed by atoms with van der Waals surface area (Å²) in [5.41, 5.74) is 3.02. The van der Waals surface area contributed by atoms with Gasteiger partial charge in [0, 0.05) is 35.0 Å². The van der Waals surface area contributed by atoms with Gasteiger partial charge in [-0.15, -0.1) is 11.8 Å². The Labute approximate surface area is 140 Å². The van der Waals surface area contributed by atoms with Gasteiger partial charge in [0.15, 0.2) is 0 Å². The second kappa shape index (κ2) is 6.55. The number of hydrogen-bond donors (Lipinski definition) is 0. The lowest BCUT2D eigenvalue weighted by atomic mass is 10.0. The molecule has 23 heavy (non-hydrogen) atoms. The second-order valence-electron chi connectivity index (χ2n) is 6.23. The van der Waals surface area contributed by atoms with E-state index in [0.29, 0.717) is 12.0 Å². The molecule has 116 valence electrons. The Hall–Kier alpha value is -2.12. The third-order valence-electron chi connectivity index (χ3n) is 4.22. The van der Waals surface area contributed by atoms with Crippen LogP contribution in [0, 0.1) is 16.7 Å². The summed E-state index contributed by atoms with van der Waals surface area (Å²) in [4.78, 5) is 16.8. The summed E-state index contributed by atoms with van der Waals surface area (Å²) < 4.78 is 0. The Morgan fingerprint density at radius 2 is 2.04 bits per heavy atom. The minimum absolute atomic E-state index is 0.210. The highest BCUT2D eigenvalue weighted by Gasteiger charge is 2.43. The first-order chi connectivity index (χ1) is 11.1. The molecular formula is C19H18N2OS. The Kier molecular flexibility index (Phi) is 4.49. The van der Waals surface area contributed by atoms with Gasteiger partial charge < -0.3 is 4.79 Å². The third kappa shape index (κ3) is 3.80. The smallest absolute Gasteiger partial charge is 0.130 e. The van der Waals surface area contributed by atoms with E-state index in [1.807, 2.05) is 36.5 Å². The van der Waals surface area contributed by atoms with Crippen molar-refractivity contribution < 1.29 is 4.79 Å². The summed E-state index contributed by atoms with van der Waals surface area (Å²) in [5.74, 6) is 1.25. The predicted molar refractivity (Wildman–Crippen MR) is 92.1 cm³/mol. The zero-order valence-corrected chi connectivity index (χ0v) is 13.9. The van der Waals surface area contributed by atoms with E-state index >= 15 is 0 Å². The van der Waals surface area contributed by atoms with Crippen LogP contribution in [0.15, 0.2) is 47.6 Å². The number of carbonyl (C=O) groups excluding carboxylic acids is 1. The average Bonchev–Trinajstić information content (AvgIpc) is 3.32. The van der Waals surface area contributed by atoms with Crippen LogP contribution in [0.2, 0.25) is 0 Å². The molecule has 0 atom stereocenters. The van der Waals surface area contributed by atoms with Crippen LogP contribution >= 0.6 is 11.8 Å². The molecule has 1 aliphatic rings. The molecule has 0 spiro atoms. The van der Waals surface area contributed by atoms with E-state index in [4.69, 9.17) is 5.26 Å². The number of nitrogens with zero attached hydrogens (tertiary/aromatic N) is 2.